The second-order valence-electron chi connectivity index (χ2n) is 13.0. The number of hydrogen-bond acceptors (Lipinski definition) is 13. The van der Waals surface area contributed by atoms with Crippen LogP contribution >= 0.6 is 0 Å². The van der Waals surface area contributed by atoms with Gasteiger partial charge in [-0.25, -0.2) is 18.4 Å². The summed E-state index contributed by atoms with van der Waals surface area (Å²) in [5.41, 5.74) is 6.73. The number of aromatic nitrogens is 2. The van der Waals surface area contributed by atoms with E-state index in [1.54, 1.807) is 19.9 Å². The highest BCUT2D eigenvalue weighted by atomic mass is 32.3. The maximum atomic E-state index is 15.2. The van der Waals surface area contributed by atoms with Gasteiger partial charge in [-0.2, -0.15) is 8.42 Å². The molecule has 0 fully saturated rings. The van der Waals surface area contributed by atoms with Crippen molar-refractivity contribution >= 4 is 39.1 Å². The van der Waals surface area contributed by atoms with Crippen LogP contribution in [-0.4, -0.2) is 89.3 Å². The third-order valence-corrected chi connectivity index (χ3v) is 10.2. The molecule has 1 aliphatic carbocycles. The first-order valence-electron chi connectivity index (χ1n) is 16.4. The number of ether oxygens (including phenoxy) is 2. The summed E-state index contributed by atoms with van der Waals surface area (Å²) < 4.78 is 62.6. The smallest absolute Gasteiger partial charge is 0.397 e. The molecule has 0 spiro atoms. The summed E-state index contributed by atoms with van der Waals surface area (Å²) in [6.07, 6.45) is 0.731. The molecule has 0 saturated heterocycles. The number of aryl methyl sites for hydroxylation is 1. The number of benzene rings is 1. The zero-order valence-electron chi connectivity index (χ0n) is 28.2. The summed E-state index contributed by atoms with van der Waals surface area (Å²) in [6.45, 7) is 3.38. The summed E-state index contributed by atoms with van der Waals surface area (Å²) in [5.74, 6) is -2.48. The second-order valence-corrected chi connectivity index (χ2v) is 14.0. The molecule has 4 heterocycles. The average molecular weight is 732 g/mol. The Hall–Kier alpha value is -4.33. The Bertz CT molecular complexity index is 2140. The van der Waals surface area contributed by atoms with Crippen molar-refractivity contribution in [2.45, 2.75) is 70.9 Å². The van der Waals surface area contributed by atoms with Crippen LogP contribution in [0.15, 0.2) is 16.9 Å². The lowest BCUT2D eigenvalue weighted by Crippen LogP contribution is -2.44. The number of carbonyl (C=O) groups excluding carboxylic acids is 3. The third-order valence-electron chi connectivity index (χ3n) is 9.74. The average Bonchev–Trinajstić information content (AvgIpc) is 3.43. The summed E-state index contributed by atoms with van der Waals surface area (Å²) in [4.78, 5) is 58.3. The molecule has 5 N–H and O–H groups in total. The zero-order chi connectivity index (χ0) is 37.0. The van der Waals surface area contributed by atoms with Gasteiger partial charge in [0.25, 0.3) is 5.56 Å². The summed E-state index contributed by atoms with van der Waals surface area (Å²) in [5, 5.41) is 15.0. The van der Waals surface area contributed by atoms with Gasteiger partial charge in [-0.1, -0.05) is 6.92 Å². The van der Waals surface area contributed by atoms with E-state index in [-0.39, 0.29) is 56.9 Å². The molecule has 0 radical (unpaired) electrons. The van der Waals surface area contributed by atoms with Gasteiger partial charge in [0, 0.05) is 35.7 Å². The second kappa shape index (κ2) is 13.7. The van der Waals surface area contributed by atoms with Crippen molar-refractivity contribution in [3.05, 3.63) is 61.7 Å². The van der Waals surface area contributed by atoms with Crippen LogP contribution in [0.25, 0.3) is 22.3 Å². The molecular weight excluding hydrogens is 693 g/mol. The highest BCUT2D eigenvalue weighted by Crippen LogP contribution is 2.46. The van der Waals surface area contributed by atoms with Gasteiger partial charge in [0.15, 0.2) is 5.60 Å². The first-order chi connectivity index (χ1) is 24.0. The predicted octanol–water partition coefficient (Wildman–Crippen LogP) is 0.642. The van der Waals surface area contributed by atoms with Gasteiger partial charge in [-0.05, 0) is 55.9 Å². The molecule has 2 aliphatic heterocycles. The Kier molecular flexibility index (Phi) is 9.77. The maximum Gasteiger partial charge on any atom is 0.397 e. The lowest BCUT2D eigenvalue weighted by Gasteiger charge is -2.31. The van der Waals surface area contributed by atoms with Crippen LogP contribution < -0.4 is 16.6 Å². The normalized spacial score (nSPS) is 19.7. The lowest BCUT2D eigenvalue weighted by molar-refractivity contribution is -0.172. The Labute approximate surface area is 291 Å². The number of nitrogens with one attached hydrogen (secondary N) is 1. The molecule has 0 unspecified atom stereocenters. The fourth-order valence-electron chi connectivity index (χ4n) is 7.09. The van der Waals surface area contributed by atoms with Gasteiger partial charge < -0.3 is 30.2 Å². The van der Waals surface area contributed by atoms with E-state index < -0.39 is 63.9 Å². The van der Waals surface area contributed by atoms with Gasteiger partial charge in [0.05, 0.1) is 48.2 Å². The van der Waals surface area contributed by atoms with E-state index in [4.69, 9.17) is 24.7 Å². The molecule has 3 atom stereocenters. The maximum absolute atomic E-state index is 15.2. The lowest BCUT2D eigenvalue weighted by atomic mass is 9.81. The zero-order valence-corrected chi connectivity index (χ0v) is 29.0. The van der Waals surface area contributed by atoms with Crippen LogP contribution in [0.1, 0.15) is 66.1 Å². The molecule has 0 saturated carbocycles. The van der Waals surface area contributed by atoms with Crippen molar-refractivity contribution in [3.63, 3.8) is 0 Å². The van der Waals surface area contributed by atoms with Gasteiger partial charge in [-0.15, -0.1) is 0 Å². The van der Waals surface area contributed by atoms with Crippen molar-refractivity contribution in [2.75, 3.05) is 32.8 Å². The van der Waals surface area contributed by atoms with Crippen molar-refractivity contribution in [3.8, 4) is 11.4 Å². The first-order valence-corrected chi connectivity index (χ1v) is 17.8. The van der Waals surface area contributed by atoms with Crippen LogP contribution in [-0.2, 0) is 63.6 Å². The minimum atomic E-state index is -4.74. The molecule has 6 rings (SSSR count). The quantitative estimate of drug-likeness (QED) is 0.116. The number of nitrogens with zero attached hydrogens (tertiary/aromatic N) is 3. The molecular formula is C33H38FN5O11S. The Morgan fingerprint density at radius 1 is 1.24 bits per heavy atom. The number of pyridine rings is 2. The van der Waals surface area contributed by atoms with E-state index in [2.05, 4.69) is 9.50 Å². The summed E-state index contributed by atoms with van der Waals surface area (Å²) >= 11 is 0. The number of cyclic esters (lactones) is 1. The summed E-state index contributed by atoms with van der Waals surface area (Å²) in [6, 6.07) is 1.36. The van der Waals surface area contributed by atoms with Gasteiger partial charge in [-0.3, -0.25) is 23.8 Å². The van der Waals surface area contributed by atoms with Crippen molar-refractivity contribution in [1.29, 1.82) is 0 Å². The van der Waals surface area contributed by atoms with Crippen LogP contribution in [0.3, 0.4) is 0 Å². The van der Waals surface area contributed by atoms with Crippen molar-refractivity contribution < 1.29 is 50.5 Å². The number of hydrogen-bond donors (Lipinski definition) is 4. The van der Waals surface area contributed by atoms with Crippen LogP contribution in [0, 0.1) is 12.7 Å². The molecule has 3 aromatic rings. The van der Waals surface area contributed by atoms with Crippen LogP contribution in [0.4, 0.5) is 4.39 Å². The van der Waals surface area contributed by atoms with Crippen molar-refractivity contribution in [1.82, 2.24) is 19.8 Å². The van der Waals surface area contributed by atoms with Gasteiger partial charge >= 0.3 is 22.3 Å². The molecule has 274 valence electrons. The Morgan fingerprint density at radius 2 is 1.96 bits per heavy atom. The van der Waals surface area contributed by atoms with E-state index in [9.17, 15) is 32.7 Å². The number of esters is 2. The topological polar surface area (TPSA) is 230 Å². The highest BCUT2D eigenvalue weighted by molar-refractivity contribution is 7.80. The molecule has 0 bridgehead atoms. The van der Waals surface area contributed by atoms with E-state index in [1.807, 2.05) is 0 Å². The van der Waals surface area contributed by atoms with E-state index in [0.717, 1.165) is 5.56 Å². The third kappa shape index (κ3) is 6.74. The van der Waals surface area contributed by atoms with Crippen molar-refractivity contribution in [2.24, 2.45) is 5.73 Å². The number of nitrogens with two attached hydrogens (primary N) is 1. The van der Waals surface area contributed by atoms with E-state index in [0.29, 0.717) is 51.8 Å². The van der Waals surface area contributed by atoms with E-state index >= 15 is 4.39 Å². The highest BCUT2D eigenvalue weighted by Gasteiger charge is 2.46. The van der Waals surface area contributed by atoms with Crippen LogP contribution in [0.5, 0.6) is 0 Å². The fraction of sp³-hybridized carbons (Fsp3) is 0.485. The number of rotatable bonds is 12. The molecule has 1 aromatic carbocycles. The SMILES string of the molecule is CC[C@@]1(O)C(=O)OCc2c1cc1n(c2=O)Cc2c-1nc1cc(F)c(C)c3c1c2[C@H](NC(=O)CN(CCOC(=O)[C@H](C)N)CCOS(=O)(=O)O)CC3. The minimum Gasteiger partial charge on any atom is -0.463 e. The van der Waals surface area contributed by atoms with E-state index in [1.165, 1.54) is 22.5 Å². The number of aliphatic hydroxyl groups is 1. The molecule has 16 nitrogen and oxygen atoms in total. The number of carbonyl (C=O) groups is 3. The fourth-order valence-corrected chi connectivity index (χ4v) is 7.38. The largest absolute Gasteiger partial charge is 0.463 e. The monoisotopic (exact) mass is 731 g/mol. The molecule has 18 heteroatoms. The number of fused-ring (bicyclic) bond motifs is 5. The van der Waals surface area contributed by atoms with Crippen LogP contribution in [0.2, 0.25) is 0 Å². The first kappa shape index (κ1) is 36.5. The minimum absolute atomic E-state index is 0.000800. The molecule has 1 amide bonds. The number of halogens is 1. The summed E-state index contributed by atoms with van der Waals surface area (Å²) in [7, 11) is -4.74. The predicted molar refractivity (Wildman–Crippen MR) is 177 cm³/mol. The molecule has 2 aromatic heterocycles. The molecule has 3 aliphatic rings. The Morgan fingerprint density at radius 3 is 2.65 bits per heavy atom. The van der Waals surface area contributed by atoms with Gasteiger partial charge in [0.2, 0.25) is 5.91 Å². The number of amides is 1. The van der Waals surface area contributed by atoms with Gasteiger partial charge in [0.1, 0.15) is 25.1 Å². The standard InChI is InChI=1S/C33H38FN5O11S/c1-4-33(44)21-11-25-29-19(13-39(25)30(41)20(21)15-49-32(33)43)28-23(6-5-18-16(2)22(34)12-24(37-29)27(18)28)36-26(40)14-38(8-10-50-51(45,46)47)7-9-48-31(42)17(3)35/h11-12,17,23,44H,4-10,13-15,35H2,1-3H3,(H,36,40)(H,45,46,47)/t17-,23+,33-/m0/s1. The molecule has 51 heavy (non-hydrogen) atoms. The Balaban J connectivity index is 1.36.